The molecule has 26 heavy (non-hydrogen) atoms. The van der Waals surface area contributed by atoms with E-state index in [1.165, 1.54) is 37.3 Å². The zero-order valence-electron chi connectivity index (χ0n) is 14.0. The highest BCUT2D eigenvalue weighted by Crippen LogP contribution is 2.30. The Hall–Kier alpha value is -2.74. The average molecular weight is 376 g/mol. The molecule has 0 bridgehead atoms. The van der Waals surface area contributed by atoms with Crippen LogP contribution in [0.25, 0.3) is 0 Å². The molecule has 1 fully saturated rings. The largest absolute Gasteiger partial charge is 0.325 e. The van der Waals surface area contributed by atoms with Crippen LogP contribution in [0.3, 0.4) is 0 Å². The number of carbonyl (C=O) groups excluding carboxylic acids is 2. The maximum absolute atomic E-state index is 14.1. The third-order valence-electron chi connectivity index (χ3n) is 4.37. The number of urea groups is 1. The summed E-state index contributed by atoms with van der Waals surface area (Å²) in [5.41, 5.74) is -1.54. The highest BCUT2D eigenvalue weighted by molar-refractivity contribution is 7.91. The summed E-state index contributed by atoms with van der Waals surface area (Å²) in [6.07, 6.45) is 0. The molecule has 1 N–H and O–H groups in total. The Kier molecular flexibility index (Phi) is 4.53. The van der Waals surface area contributed by atoms with Crippen molar-refractivity contribution in [3.63, 3.8) is 0 Å². The minimum atomic E-state index is -3.65. The smallest absolute Gasteiger partial charge is 0.319 e. The molecule has 1 aliphatic rings. The van der Waals surface area contributed by atoms with Crippen LogP contribution in [0.4, 0.5) is 9.18 Å². The number of hydrogen-bond acceptors (Lipinski definition) is 4. The van der Waals surface area contributed by atoms with Crippen LogP contribution in [0.15, 0.2) is 59.5 Å². The molecule has 1 atom stereocenters. The first kappa shape index (κ1) is 18.1. The van der Waals surface area contributed by atoms with Gasteiger partial charge >= 0.3 is 6.03 Å². The van der Waals surface area contributed by atoms with Gasteiger partial charge in [0.25, 0.3) is 5.91 Å². The fraction of sp³-hybridized carbons (Fsp3) is 0.222. The topological polar surface area (TPSA) is 83.6 Å². The number of nitrogens with one attached hydrogen (secondary N) is 1. The fourth-order valence-electron chi connectivity index (χ4n) is 2.91. The summed E-state index contributed by atoms with van der Waals surface area (Å²) >= 11 is 0. The summed E-state index contributed by atoms with van der Waals surface area (Å²) in [6.45, 7) is 1.09. The molecule has 2 aromatic rings. The molecular formula is C18H17FN2O4S. The predicted molar refractivity (Wildman–Crippen MR) is 92.5 cm³/mol. The van der Waals surface area contributed by atoms with Crippen molar-refractivity contribution in [2.45, 2.75) is 17.4 Å². The second kappa shape index (κ2) is 6.53. The molecule has 3 amide bonds. The van der Waals surface area contributed by atoms with Crippen molar-refractivity contribution in [1.82, 2.24) is 10.2 Å². The highest BCUT2D eigenvalue weighted by atomic mass is 32.2. The molecule has 1 saturated heterocycles. The van der Waals surface area contributed by atoms with Crippen LogP contribution >= 0.6 is 0 Å². The maximum atomic E-state index is 14.1. The molecule has 0 spiro atoms. The molecule has 3 rings (SSSR count). The Morgan fingerprint density at radius 3 is 2.31 bits per heavy atom. The van der Waals surface area contributed by atoms with Crippen LogP contribution in [0.1, 0.15) is 12.5 Å². The van der Waals surface area contributed by atoms with Crippen molar-refractivity contribution in [3.8, 4) is 0 Å². The molecule has 0 saturated carbocycles. The van der Waals surface area contributed by atoms with E-state index in [1.807, 2.05) is 0 Å². The van der Waals surface area contributed by atoms with Gasteiger partial charge in [-0.2, -0.15) is 0 Å². The second-order valence-electron chi connectivity index (χ2n) is 6.12. The number of hydrogen-bond donors (Lipinski definition) is 1. The molecule has 0 radical (unpaired) electrons. The number of rotatable bonds is 5. The van der Waals surface area contributed by atoms with Crippen LogP contribution in [0.2, 0.25) is 0 Å². The fourth-order valence-corrected chi connectivity index (χ4v) is 4.14. The third kappa shape index (κ3) is 3.08. The molecule has 6 nitrogen and oxygen atoms in total. The van der Waals surface area contributed by atoms with Gasteiger partial charge in [0.1, 0.15) is 11.4 Å². The molecule has 0 aromatic heterocycles. The van der Waals surface area contributed by atoms with Gasteiger partial charge in [-0.3, -0.25) is 9.69 Å². The zero-order valence-corrected chi connectivity index (χ0v) is 14.8. The van der Waals surface area contributed by atoms with Gasteiger partial charge in [-0.15, -0.1) is 0 Å². The summed E-state index contributed by atoms with van der Waals surface area (Å²) in [6, 6.07) is 12.7. The number of nitrogens with zero attached hydrogens (tertiary/aromatic N) is 1. The van der Waals surface area contributed by atoms with Crippen LogP contribution in [-0.4, -0.2) is 37.6 Å². The van der Waals surface area contributed by atoms with Crippen LogP contribution < -0.4 is 5.32 Å². The van der Waals surface area contributed by atoms with Gasteiger partial charge < -0.3 is 5.32 Å². The Morgan fingerprint density at radius 1 is 1.04 bits per heavy atom. The van der Waals surface area contributed by atoms with Crippen molar-refractivity contribution in [2.24, 2.45) is 0 Å². The van der Waals surface area contributed by atoms with Gasteiger partial charge in [0, 0.05) is 12.1 Å². The van der Waals surface area contributed by atoms with Gasteiger partial charge in [0.05, 0.1) is 10.6 Å². The van der Waals surface area contributed by atoms with Crippen molar-refractivity contribution in [3.05, 3.63) is 66.0 Å². The van der Waals surface area contributed by atoms with E-state index in [0.717, 1.165) is 4.90 Å². The van der Waals surface area contributed by atoms with E-state index >= 15 is 0 Å². The number of benzene rings is 2. The Balaban J connectivity index is 1.81. The van der Waals surface area contributed by atoms with Gasteiger partial charge in [0.2, 0.25) is 0 Å². The predicted octanol–water partition coefficient (Wildman–Crippen LogP) is 2.07. The minimum absolute atomic E-state index is 0.0340. The van der Waals surface area contributed by atoms with Crippen molar-refractivity contribution in [1.29, 1.82) is 0 Å². The van der Waals surface area contributed by atoms with Gasteiger partial charge in [0.15, 0.2) is 9.84 Å². The van der Waals surface area contributed by atoms with Crippen LogP contribution in [0, 0.1) is 5.82 Å². The van der Waals surface area contributed by atoms with E-state index < -0.39 is 38.9 Å². The molecule has 8 heteroatoms. The van der Waals surface area contributed by atoms with Gasteiger partial charge in [-0.25, -0.2) is 17.6 Å². The molecule has 2 aromatic carbocycles. The number of imide groups is 1. The highest BCUT2D eigenvalue weighted by Gasteiger charge is 2.50. The summed E-state index contributed by atoms with van der Waals surface area (Å²) in [7, 11) is -3.65. The van der Waals surface area contributed by atoms with Gasteiger partial charge in [-0.1, -0.05) is 36.4 Å². The Labute approximate surface area is 150 Å². The number of carbonyl (C=O) groups is 2. The molecule has 1 unspecified atom stereocenters. The molecule has 136 valence electrons. The van der Waals surface area contributed by atoms with Crippen molar-refractivity contribution >= 4 is 21.8 Å². The zero-order chi connectivity index (χ0) is 18.9. The van der Waals surface area contributed by atoms with Crippen molar-refractivity contribution < 1.29 is 22.4 Å². The first-order chi connectivity index (χ1) is 12.3. The molecule has 1 heterocycles. The van der Waals surface area contributed by atoms with E-state index in [4.69, 9.17) is 0 Å². The Morgan fingerprint density at radius 2 is 1.65 bits per heavy atom. The third-order valence-corrected chi connectivity index (χ3v) is 6.08. The van der Waals surface area contributed by atoms with Crippen LogP contribution in [0.5, 0.6) is 0 Å². The standard InChI is InChI=1S/C18H17FN2O4S/c1-18(14-9-5-6-10-15(14)19)16(22)21(17(23)20-18)11-12-26(24,25)13-7-3-2-4-8-13/h2-10H,11-12H2,1H3,(H,20,23). The monoisotopic (exact) mass is 376 g/mol. The van der Waals surface area contributed by atoms with E-state index in [2.05, 4.69) is 5.32 Å². The molecule has 0 aliphatic carbocycles. The summed E-state index contributed by atoms with van der Waals surface area (Å²) in [5.74, 6) is -1.72. The first-order valence-electron chi connectivity index (χ1n) is 7.92. The van der Waals surface area contributed by atoms with E-state index in [-0.39, 0.29) is 17.0 Å². The van der Waals surface area contributed by atoms with E-state index in [9.17, 15) is 22.4 Å². The molecular weight excluding hydrogens is 359 g/mol. The van der Waals surface area contributed by atoms with E-state index in [0.29, 0.717) is 0 Å². The lowest BCUT2D eigenvalue weighted by atomic mass is 9.91. The first-order valence-corrected chi connectivity index (χ1v) is 9.58. The average Bonchev–Trinajstić information content (AvgIpc) is 2.84. The van der Waals surface area contributed by atoms with Crippen molar-refractivity contribution in [2.75, 3.05) is 12.3 Å². The van der Waals surface area contributed by atoms with Gasteiger partial charge in [-0.05, 0) is 25.1 Å². The van der Waals surface area contributed by atoms with E-state index in [1.54, 1.807) is 24.3 Å². The summed E-state index contributed by atoms with van der Waals surface area (Å²) < 4.78 is 38.8. The number of amides is 3. The lowest BCUT2D eigenvalue weighted by Crippen LogP contribution is -2.42. The lowest BCUT2D eigenvalue weighted by molar-refractivity contribution is -0.130. The number of sulfone groups is 1. The SMILES string of the molecule is CC1(c2ccccc2F)NC(=O)N(CCS(=O)(=O)c2ccccc2)C1=O. The minimum Gasteiger partial charge on any atom is -0.319 e. The quantitative estimate of drug-likeness (QED) is 0.810. The Bertz CT molecular complexity index is 962. The number of halogens is 1. The molecule has 1 aliphatic heterocycles. The van der Waals surface area contributed by atoms with Crippen LogP contribution in [-0.2, 0) is 20.2 Å². The summed E-state index contributed by atoms with van der Waals surface area (Å²) in [5, 5.41) is 2.47. The lowest BCUT2D eigenvalue weighted by Gasteiger charge is -2.22. The summed E-state index contributed by atoms with van der Waals surface area (Å²) in [4.78, 5) is 25.9. The maximum Gasteiger partial charge on any atom is 0.325 e. The second-order valence-corrected chi connectivity index (χ2v) is 8.23. The normalized spacial score (nSPS) is 20.3.